The van der Waals surface area contributed by atoms with Crippen LogP contribution in [0.5, 0.6) is 5.75 Å². The van der Waals surface area contributed by atoms with Gasteiger partial charge in [0.1, 0.15) is 5.75 Å². The zero-order valence-corrected chi connectivity index (χ0v) is 19.2. The van der Waals surface area contributed by atoms with E-state index in [0.717, 1.165) is 53.3 Å². The quantitative estimate of drug-likeness (QED) is 0.491. The SMILES string of the molecule is CCOc1ccc2nc(N(CCN3CCOCC3)C(=O)c3ccccc3Br)sc2c1. The summed E-state index contributed by atoms with van der Waals surface area (Å²) in [7, 11) is 0. The van der Waals surface area contributed by atoms with Crippen molar-refractivity contribution in [3.8, 4) is 5.75 Å². The summed E-state index contributed by atoms with van der Waals surface area (Å²) in [5.41, 5.74) is 1.50. The van der Waals surface area contributed by atoms with Gasteiger partial charge >= 0.3 is 0 Å². The lowest BCUT2D eigenvalue weighted by Gasteiger charge is -2.29. The molecular weight excluding hydrogens is 466 g/mol. The number of morpholine rings is 1. The van der Waals surface area contributed by atoms with Crippen molar-refractivity contribution in [2.24, 2.45) is 0 Å². The van der Waals surface area contributed by atoms with E-state index >= 15 is 0 Å². The molecule has 0 radical (unpaired) electrons. The summed E-state index contributed by atoms with van der Waals surface area (Å²) >= 11 is 5.04. The molecule has 6 nitrogen and oxygen atoms in total. The average Bonchev–Trinajstić information content (AvgIpc) is 3.18. The van der Waals surface area contributed by atoms with Gasteiger partial charge in [-0.2, -0.15) is 0 Å². The van der Waals surface area contributed by atoms with E-state index in [2.05, 4.69) is 20.8 Å². The van der Waals surface area contributed by atoms with Gasteiger partial charge in [0.05, 0.1) is 35.6 Å². The van der Waals surface area contributed by atoms with Crippen LogP contribution in [0.15, 0.2) is 46.9 Å². The minimum absolute atomic E-state index is 0.0557. The zero-order valence-electron chi connectivity index (χ0n) is 16.8. The van der Waals surface area contributed by atoms with E-state index in [-0.39, 0.29) is 5.91 Å². The summed E-state index contributed by atoms with van der Waals surface area (Å²) in [6.45, 7) is 7.16. The lowest BCUT2D eigenvalue weighted by atomic mass is 10.2. The molecule has 1 aliphatic rings. The lowest BCUT2D eigenvalue weighted by molar-refractivity contribution is 0.0391. The third-order valence-corrected chi connectivity index (χ3v) is 6.72. The number of hydrogen-bond acceptors (Lipinski definition) is 6. The summed E-state index contributed by atoms with van der Waals surface area (Å²) < 4.78 is 12.9. The predicted molar refractivity (Wildman–Crippen MR) is 124 cm³/mol. The van der Waals surface area contributed by atoms with Gasteiger partial charge < -0.3 is 9.47 Å². The monoisotopic (exact) mass is 489 g/mol. The summed E-state index contributed by atoms with van der Waals surface area (Å²) in [4.78, 5) is 22.4. The van der Waals surface area contributed by atoms with E-state index in [0.29, 0.717) is 23.8 Å². The molecule has 1 aromatic heterocycles. The van der Waals surface area contributed by atoms with Gasteiger partial charge in [-0.3, -0.25) is 14.6 Å². The van der Waals surface area contributed by atoms with Crippen LogP contribution in [0.2, 0.25) is 0 Å². The largest absolute Gasteiger partial charge is 0.494 e. The zero-order chi connectivity index (χ0) is 20.9. The Bertz CT molecular complexity index is 1020. The molecule has 0 unspecified atom stereocenters. The van der Waals surface area contributed by atoms with Crippen LogP contribution in [0.1, 0.15) is 17.3 Å². The van der Waals surface area contributed by atoms with Crippen LogP contribution in [0.25, 0.3) is 10.2 Å². The number of hydrogen-bond donors (Lipinski definition) is 0. The van der Waals surface area contributed by atoms with Gasteiger partial charge in [-0.1, -0.05) is 23.5 Å². The molecule has 0 atom stereocenters. The molecule has 0 saturated carbocycles. The van der Waals surface area contributed by atoms with E-state index in [9.17, 15) is 4.79 Å². The Labute approximate surface area is 188 Å². The van der Waals surface area contributed by atoms with E-state index in [1.165, 1.54) is 11.3 Å². The minimum Gasteiger partial charge on any atom is -0.494 e. The van der Waals surface area contributed by atoms with Crippen LogP contribution in [-0.2, 0) is 4.74 Å². The maximum Gasteiger partial charge on any atom is 0.261 e. The molecule has 2 heterocycles. The number of carbonyl (C=O) groups is 1. The maximum absolute atomic E-state index is 13.5. The van der Waals surface area contributed by atoms with Crippen LogP contribution in [0.4, 0.5) is 5.13 Å². The highest BCUT2D eigenvalue weighted by Gasteiger charge is 2.24. The second-order valence-corrected chi connectivity index (χ2v) is 8.81. The van der Waals surface area contributed by atoms with E-state index in [1.54, 1.807) is 4.90 Å². The molecule has 2 aromatic carbocycles. The van der Waals surface area contributed by atoms with Gasteiger partial charge in [-0.15, -0.1) is 0 Å². The highest BCUT2D eigenvalue weighted by Crippen LogP contribution is 2.33. The van der Waals surface area contributed by atoms with Gasteiger partial charge in [0.15, 0.2) is 5.13 Å². The highest BCUT2D eigenvalue weighted by atomic mass is 79.9. The molecular formula is C22H24BrN3O3S. The van der Waals surface area contributed by atoms with Gasteiger partial charge in [-0.25, -0.2) is 4.98 Å². The van der Waals surface area contributed by atoms with Crippen molar-refractivity contribution in [2.75, 3.05) is 50.9 Å². The predicted octanol–water partition coefficient (Wildman–Crippen LogP) is 4.44. The Hall–Kier alpha value is -2.00. The number of fused-ring (bicyclic) bond motifs is 1. The summed E-state index contributed by atoms with van der Waals surface area (Å²) in [6, 6.07) is 13.4. The minimum atomic E-state index is -0.0557. The highest BCUT2D eigenvalue weighted by molar-refractivity contribution is 9.10. The molecule has 30 heavy (non-hydrogen) atoms. The van der Waals surface area contributed by atoms with Crippen LogP contribution in [0.3, 0.4) is 0 Å². The third-order valence-electron chi connectivity index (χ3n) is 4.98. The molecule has 4 rings (SSSR count). The van der Waals surface area contributed by atoms with E-state index in [1.807, 2.05) is 49.4 Å². The van der Waals surface area contributed by atoms with Gasteiger partial charge in [-0.05, 0) is 53.2 Å². The first kappa shape index (κ1) is 21.2. The molecule has 0 spiro atoms. The molecule has 0 N–H and O–H groups in total. The first-order valence-corrected chi connectivity index (χ1v) is 11.7. The van der Waals surface area contributed by atoms with Crippen molar-refractivity contribution < 1.29 is 14.3 Å². The Kier molecular flexibility index (Phi) is 6.99. The Balaban J connectivity index is 1.64. The van der Waals surface area contributed by atoms with Crippen molar-refractivity contribution in [3.05, 3.63) is 52.5 Å². The maximum atomic E-state index is 13.5. The summed E-state index contributed by atoms with van der Waals surface area (Å²) in [5.74, 6) is 0.761. The summed E-state index contributed by atoms with van der Waals surface area (Å²) in [5, 5.41) is 0.702. The molecule has 0 bridgehead atoms. The number of nitrogens with zero attached hydrogens (tertiary/aromatic N) is 3. The van der Waals surface area contributed by atoms with Crippen LogP contribution in [0, 0.1) is 0 Å². The van der Waals surface area contributed by atoms with Crippen molar-refractivity contribution in [2.45, 2.75) is 6.92 Å². The first-order chi connectivity index (χ1) is 14.7. The van der Waals surface area contributed by atoms with Gasteiger partial charge in [0, 0.05) is 30.7 Å². The van der Waals surface area contributed by atoms with Gasteiger partial charge in [0.25, 0.3) is 5.91 Å². The second-order valence-electron chi connectivity index (χ2n) is 6.95. The number of carbonyl (C=O) groups excluding carboxylic acids is 1. The van der Waals surface area contributed by atoms with Gasteiger partial charge in [0.2, 0.25) is 0 Å². The van der Waals surface area contributed by atoms with Crippen molar-refractivity contribution in [1.29, 1.82) is 0 Å². The third kappa shape index (κ3) is 4.83. The number of thiazole rings is 1. The van der Waals surface area contributed by atoms with E-state index < -0.39 is 0 Å². The number of anilines is 1. The number of rotatable bonds is 7. The van der Waals surface area contributed by atoms with Crippen molar-refractivity contribution >= 4 is 48.5 Å². The standard InChI is InChI=1S/C22H24BrN3O3S/c1-2-29-16-7-8-19-20(15-16)30-22(24-19)26(10-9-25-11-13-28-14-12-25)21(27)17-5-3-4-6-18(17)23/h3-8,15H,2,9-14H2,1H3. The molecule has 1 saturated heterocycles. The Morgan fingerprint density at radius 3 is 2.83 bits per heavy atom. The van der Waals surface area contributed by atoms with Crippen molar-refractivity contribution in [3.63, 3.8) is 0 Å². The lowest BCUT2D eigenvalue weighted by Crippen LogP contribution is -2.43. The number of ether oxygens (including phenoxy) is 2. The Morgan fingerprint density at radius 2 is 2.07 bits per heavy atom. The molecule has 158 valence electrons. The van der Waals surface area contributed by atoms with E-state index in [4.69, 9.17) is 14.5 Å². The summed E-state index contributed by atoms with van der Waals surface area (Å²) in [6.07, 6.45) is 0. The number of aromatic nitrogens is 1. The molecule has 0 aliphatic carbocycles. The molecule has 8 heteroatoms. The molecule has 1 fully saturated rings. The number of amides is 1. The number of halogens is 1. The average molecular weight is 490 g/mol. The molecule has 1 amide bonds. The fourth-order valence-corrected chi connectivity index (χ4v) is 4.87. The van der Waals surface area contributed by atoms with Crippen LogP contribution < -0.4 is 9.64 Å². The van der Waals surface area contributed by atoms with Crippen molar-refractivity contribution in [1.82, 2.24) is 9.88 Å². The Morgan fingerprint density at radius 1 is 1.27 bits per heavy atom. The van der Waals surface area contributed by atoms with Crippen LogP contribution in [-0.4, -0.2) is 61.8 Å². The first-order valence-electron chi connectivity index (χ1n) is 10.1. The number of benzene rings is 2. The molecule has 1 aliphatic heterocycles. The van der Waals surface area contributed by atoms with Crippen LogP contribution >= 0.6 is 27.3 Å². The topological polar surface area (TPSA) is 54.9 Å². The second kappa shape index (κ2) is 9.87. The molecule has 3 aromatic rings. The fourth-order valence-electron chi connectivity index (χ4n) is 3.39. The fraction of sp³-hybridized carbons (Fsp3) is 0.364. The smallest absolute Gasteiger partial charge is 0.261 e. The normalized spacial score (nSPS) is 14.7.